The van der Waals surface area contributed by atoms with E-state index in [1.807, 2.05) is 12.1 Å². The molecule has 31 heavy (non-hydrogen) atoms. The molecular formula is C31H21. The summed E-state index contributed by atoms with van der Waals surface area (Å²) >= 11 is 0. The van der Waals surface area contributed by atoms with Crippen LogP contribution in [-0.4, -0.2) is 0 Å². The summed E-state index contributed by atoms with van der Waals surface area (Å²) in [5.74, 6) is 0. The Morgan fingerprint density at radius 2 is 1.10 bits per heavy atom. The summed E-state index contributed by atoms with van der Waals surface area (Å²) in [5, 5.41) is 0. The first-order chi connectivity index (χ1) is 15.4. The quantitative estimate of drug-likeness (QED) is 0.292. The Bertz CT molecular complexity index is 1320. The maximum atomic E-state index is 3.39. The van der Waals surface area contributed by atoms with Gasteiger partial charge in [-0.25, -0.2) is 0 Å². The average molecular weight is 394 g/mol. The molecule has 0 fully saturated rings. The maximum Gasteiger partial charge on any atom is 0.0713 e. The zero-order valence-corrected chi connectivity index (χ0v) is 17.1. The van der Waals surface area contributed by atoms with Gasteiger partial charge in [-0.2, -0.15) is 0 Å². The standard InChI is InChI=1S/C31H21/c1-3-12-23(13-4-1)24-14-11-17-26(22-24)31(25-15-5-2-6-16-25)29-20-9-7-18-27(29)28-19-8-10-21-30(28)31/h1-12,14-22H. The molecule has 6 rings (SSSR count). The Morgan fingerprint density at radius 3 is 1.77 bits per heavy atom. The minimum atomic E-state index is -0.348. The number of hydrogen-bond acceptors (Lipinski definition) is 0. The summed E-state index contributed by atoms with van der Waals surface area (Å²) in [6.07, 6.45) is 0. The maximum absolute atomic E-state index is 3.39. The van der Waals surface area contributed by atoms with Gasteiger partial charge in [0.15, 0.2) is 0 Å². The number of benzene rings is 5. The molecule has 0 heterocycles. The third kappa shape index (κ3) is 2.62. The van der Waals surface area contributed by atoms with Crippen LogP contribution in [0.5, 0.6) is 0 Å². The highest BCUT2D eigenvalue weighted by Gasteiger charge is 2.45. The summed E-state index contributed by atoms with van der Waals surface area (Å²) in [5.41, 5.74) is 9.86. The van der Waals surface area contributed by atoms with E-state index < -0.39 is 0 Å². The molecule has 0 amide bonds. The highest BCUT2D eigenvalue weighted by Crippen LogP contribution is 2.56. The van der Waals surface area contributed by atoms with Crippen LogP contribution in [0.15, 0.2) is 127 Å². The summed E-state index contributed by atoms with van der Waals surface area (Å²) in [6, 6.07) is 49.2. The van der Waals surface area contributed by atoms with Crippen LogP contribution in [0, 0.1) is 6.07 Å². The van der Waals surface area contributed by atoms with Crippen molar-refractivity contribution in [2.75, 3.05) is 0 Å². The van der Waals surface area contributed by atoms with Crippen molar-refractivity contribution in [3.63, 3.8) is 0 Å². The second-order valence-electron chi connectivity index (χ2n) is 8.06. The molecule has 0 aromatic heterocycles. The highest BCUT2D eigenvalue weighted by molar-refractivity contribution is 5.86. The van der Waals surface area contributed by atoms with Gasteiger partial charge in [-0.1, -0.05) is 121 Å². The van der Waals surface area contributed by atoms with Crippen molar-refractivity contribution < 1.29 is 0 Å². The zero-order valence-electron chi connectivity index (χ0n) is 17.1. The van der Waals surface area contributed by atoms with Crippen molar-refractivity contribution in [2.24, 2.45) is 0 Å². The molecule has 5 aromatic carbocycles. The van der Waals surface area contributed by atoms with E-state index in [0.717, 1.165) is 5.56 Å². The molecule has 0 saturated carbocycles. The zero-order chi connectivity index (χ0) is 20.7. The van der Waals surface area contributed by atoms with Crippen molar-refractivity contribution in [1.29, 1.82) is 0 Å². The normalized spacial score (nSPS) is 13.4. The number of fused-ring (bicyclic) bond motifs is 3. The third-order valence-corrected chi connectivity index (χ3v) is 6.47. The van der Waals surface area contributed by atoms with Crippen molar-refractivity contribution >= 4 is 0 Å². The fraction of sp³-hybridized carbons (Fsp3) is 0.0323. The van der Waals surface area contributed by atoms with Crippen molar-refractivity contribution in [3.05, 3.63) is 156 Å². The SMILES string of the molecule is [c]1ccccc1-c1cccc(C2(c3ccccc3)c3ccccc3-c3ccccc32)c1. The summed E-state index contributed by atoms with van der Waals surface area (Å²) in [7, 11) is 0. The second kappa shape index (κ2) is 7.11. The Hall–Kier alpha value is -3.90. The number of hydrogen-bond donors (Lipinski definition) is 0. The van der Waals surface area contributed by atoms with Crippen LogP contribution in [0.2, 0.25) is 0 Å². The van der Waals surface area contributed by atoms with Crippen LogP contribution < -0.4 is 0 Å². The van der Waals surface area contributed by atoms with Crippen LogP contribution in [0.4, 0.5) is 0 Å². The molecule has 5 aromatic rings. The van der Waals surface area contributed by atoms with Gasteiger partial charge in [0.25, 0.3) is 0 Å². The molecule has 0 unspecified atom stereocenters. The van der Waals surface area contributed by atoms with Crippen LogP contribution in [0.1, 0.15) is 22.3 Å². The Labute approximate surface area is 183 Å². The molecular weight excluding hydrogens is 372 g/mol. The van der Waals surface area contributed by atoms with E-state index in [1.54, 1.807) is 0 Å². The summed E-state index contributed by atoms with van der Waals surface area (Å²) in [6.45, 7) is 0. The molecule has 145 valence electrons. The fourth-order valence-corrected chi connectivity index (χ4v) is 5.20. The Morgan fingerprint density at radius 1 is 0.484 bits per heavy atom. The average Bonchev–Trinajstić information content (AvgIpc) is 3.17. The molecule has 1 aliphatic carbocycles. The van der Waals surface area contributed by atoms with Crippen LogP contribution in [-0.2, 0) is 5.41 Å². The molecule has 0 aliphatic heterocycles. The van der Waals surface area contributed by atoms with Gasteiger partial charge in [-0.15, -0.1) is 0 Å². The Kier molecular flexibility index (Phi) is 4.11. The van der Waals surface area contributed by atoms with Gasteiger partial charge in [0, 0.05) is 0 Å². The number of rotatable bonds is 3. The van der Waals surface area contributed by atoms with Gasteiger partial charge < -0.3 is 0 Å². The van der Waals surface area contributed by atoms with Gasteiger partial charge >= 0.3 is 0 Å². The lowest BCUT2D eigenvalue weighted by Crippen LogP contribution is -2.28. The first-order valence-electron chi connectivity index (χ1n) is 10.7. The first kappa shape index (κ1) is 17.9. The van der Waals surface area contributed by atoms with Crippen LogP contribution in [0.25, 0.3) is 22.3 Å². The minimum Gasteiger partial charge on any atom is -0.0622 e. The third-order valence-electron chi connectivity index (χ3n) is 6.47. The molecule has 0 bridgehead atoms. The predicted molar refractivity (Wildman–Crippen MR) is 128 cm³/mol. The topological polar surface area (TPSA) is 0 Å². The lowest BCUT2D eigenvalue weighted by molar-refractivity contribution is 0.769. The minimum absolute atomic E-state index is 0.348. The van der Waals surface area contributed by atoms with E-state index in [1.165, 1.54) is 38.9 Å². The largest absolute Gasteiger partial charge is 0.0713 e. The van der Waals surface area contributed by atoms with Gasteiger partial charge in [0.2, 0.25) is 0 Å². The van der Waals surface area contributed by atoms with E-state index >= 15 is 0 Å². The van der Waals surface area contributed by atoms with E-state index in [2.05, 4.69) is 121 Å². The van der Waals surface area contributed by atoms with E-state index in [9.17, 15) is 0 Å². The van der Waals surface area contributed by atoms with Gasteiger partial charge in [-0.3, -0.25) is 0 Å². The summed E-state index contributed by atoms with van der Waals surface area (Å²) in [4.78, 5) is 0. The van der Waals surface area contributed by atoms with Crippen molar-refractivity contribution in [2.45, 2.75) is 5.41 Å². The first-order valence-corrected chi connectivity index (χ1v) is 10.7. The van der Waals surface area contributed by atoms with Crippen molar-refractivity contribution in [1.82, 2.24) is 0 Å². The van der Waals surface area contributed by atoms with Crippen LogP contribution in [0.3, 0.4) is 0 Å². The monoisotopic (exact) mass is 393 g/mol. The van der Waals surface area contributed by atoms with E-state index in [-0.39, 0.29) is 5.41 Å². The van der Waals surface area contributed by atoms with Gasteiger partial charge in [0.1, 0.15) is 0 Å². The fourth-order valence-electron chi connectivity index (χ4n) is 5.20. The molecule has 0 atom stereocenters. The van der Waals surface area contributed by atoms with Crippen LogP contribution >= 0.6 is 0 Å². The predicted octanol–water partition coefficient (Wildman–Crippen LogP) is 7.52. The second-order valence-corrected chi connectivity index (χ2v) is 8.06. The summed E-state index contributed by atoms with van der Waals surface area (Å²) < 4.78 is 0. The highest BCUT2D eigenvalue weighted by atomic mass is 14.5. The molecule has 0 N–H and O–H groups in total. The van der Waals surface area contributed by atoms with Crippen molar-refractivity contribution in [3.8, 4) is 22.3 Å². The molecule has 1 radical (unpaired) electrons. The Balaban J connectivity index is 1.72. The molecule has 0 saturated heterocycles. The smallest absolute Gasteiger partial charge is 0.0622 e. The lowest BCUT2D eigenvalue weighted by Gasteiger charge is -2.34. The van der Waals surface area contributed by atoms with Gasteiger partial charge in [0.05, 0.1) is 5.41 Å². The molecule has 0 spiro atoms. The van der Waals surface area contributed by atoms with Gasteiger partial charge in [-0.05, 0) is 56.6 Å². The molecule has 1 aliphatic rings. The molecule has 0 nitrogen and oxygen atoms in total. The lowest BCUT2D eigenvalue weighted by atomic mass is 9.67. The van der Waals surface area contributed by atoms with E-state index in [4.69, 9.17) is 0 Å². The van der Waals surface area contributed by atoms with E-state index in [0.29, 0.717) is 0 Å². The molecule has 0 heteroatoms.